The smallest absolute Gasteiger partial charge is 0.238 e. The van der Waals surface area contributed by atoms with E-state index in [0.29, 0.717) is 0 Å². The van der Waals surface area contributed by atoms with Gasteiger partial charge in [0.1, 0.15) is 0 Å². The van der Waals surface area contributed by atoms with Crippen LogP contribution in [0.5, 0.6) is 0 Å². The van der Waals surface area contributed by atoms with Crippen LogP contribution in [0.4, 0.5) is 5.69 Å². The minimum Gasteiger partial charge on any atom is -0.325 e. The Morgan fingerprint density at radius 2 is 1.73 bits per heavy atom. The van der Waals surface area contributed by atoms with Gasteiger partial charge in [0, 0.05) is 5.69 Å². The summed E-state index contributed by atoms with van der Waals surface area (Å²) in [5.74, 6) is -0.148. The molecule has 3 N–H and O–H groups in total. The summed E-state index contributed by atoms with van der Waals surface area (Å²) in [6.45, 7) is 4.23. The average molecular weight is 206 g/mol. The van der Waals surface area contributed by atoms with Gasteiger partial charge in [-0.15, -0.1) is 0 Å². The molecule has 1 aromatic carbocycles. The maximum Gasteiger partial charge on any atom is 0.238 e. The Kier molecular flexibility index (Phi) is 4.31. The fourth-order valence-electron chi connectivity index (χ4n) is 1.46. The van der Waals surface area contributed by atoms with Crippen molar-refractivity contribution in [3.05, 3.63) is 29.3 Å². The number of carbonyl (C=O) groups excluding carboxylic acids is 1. The molecule has 0 radical (unpaired) electrons. The summed E-state index contributed by atoms with van der Waals surface area (Å²) in [5, 5.41) is 2.78. The van der Waals surface area contributed by atoms with Crippen LogP contribution in [0.3, 0.4) is 0 Å². The molecule has 0 aromatic heterocycles. The first kappa shape index (κ1) is 11.7. The van der Waals surface area contributed by atoms with Gasteiger partial charge in [0.05, 0.1) is 6.54 Å². The molecule has 0 saturated carbocycles. The molecule has 0 spiro atoms. The molecular weight excluding hydrogens is 188 g/mol. The topological polar surface area (TPSA) is 55.1 Å². The summed E-state index contributed by atoms with van der Waals surface area (Å²) in [6, 6.07) is 6.15. The SMILES string of the molecule is CCc1cc(CC)cc(NC(=O)CN)c1. The Labute approximate surface area is 90.7 Å². The van der Waals surface area contributed by atoms with Crippen LogP contribution in [-0.4, -0.2) is 12.5 Å². The molecule has 0 saturated heterocycles. The number of carbonyl (C=O) groups is 1. The zero-order valence-corrected chi connectivity index (χ0v) is 9.34. The summed E-state index contributed by atoms with van der Waals surface area (Å²) in [5.41, 5.74) is 8.57. The molecule has 3 nitrogen and oxygen atoms in total. The van der Waals surface area contributed by atoms with Gasteiger partial charge in [0.25, 0.3) is 0 Å². The van der Waals surface area contributed by atoms with E-state index < -0.39 is 0 Å². The van der Waals surface area contributed by atoms with Crippen LogP contribution in [-0.2, 0) is 17.6 Å². The van der Waals surface area contributed by atoms with Gasteiger partial charge in [0.2, 0.25) is 5.91 Å². The van der Waals surface area contributed by atoms with Crippen LogP contribution >= 0.6 is 0 Å². The van der Waals surface area contributed by atoms with Crippen molar-refractivity contribution < 1.29 is 4.79 Å². The van der Waals surface area contributed by atoms with Crippen molar-refractivity contribution in [2.75, 3.05) is 11.9 Å². The second kappa shape index (κ2) is 5.51. The van der Waals surface area contributed by atoms with E-state index >= 15 is 0 Å². The van der Waals surface area contributed by atoms with Gasteiger partial charge < -0.3 is 11.1 Å². The highest BCUT2D eigenvalue weighted by atomic mass is 16.1. The summed E-state index contributed by atoms with van der Waals surface area (Å²) in [4.78, 5) is 11.1. The normalized spacial score (nSPS) is 10.1. The highest BCUT2D eigenvalue weighted by Crippen LogP contribution is 2.16. The molecule has 0 aliphatic heterocycles. The molecule has 1 amide bonds. The van der Waals surface area contributed by atoms with Crippen LogP contribution in [0.1, 0.15) is 25.0 Å². The average Bonchev–Trinajstić information content (AvgIpc) is 2.28. The number of anilines is 1. The third-order valence-electron chi connectivity index (χ3n) is 2.34. The predicted octanol–water partition coefficient (Wildman–Crippen LogP) is 1.71. The van der Waals surface area contributed by atoms with Gasteiger partial charge in [0.15, 0.2) is 0 Å². The maximum absolute atomic E-state index is 11.1. The van der Waals surface area contributed by atoms with Gasteiger partial charge in [-0.2, -0.15) is 0 Å². The lowest BCUT2D eigenvalue weighted by Crippen LogP contribution is -2.21. The summed E-state index contributed by atoms with van der Waals surface area (Å²) < 4.78 is 0. The lowest BCUT2D eigenvalue weighted by molar-refractivity contribution is -0.114. The van der Waals surface area contributed by atoms with Crippen LogP contribution < -0.4 is 11.1 Å². The van der Waals surface area contributed by atoms with Crippen molar-refractivity contribution >= 4 is 11.6 Å². The lowest BCUT2D eigenvalue weighted by Gasteiger charge is -2.08. The van der Waals surface area contributed by atoms with E-state index in [1.807, 2.05) is 12.1 Å². The van der Waals surface area contributed by atoms with E-state index in [4.69, 9.17) is 5.73 Å². The quantitative estimate of drug-likeness (QED) is 0.788. The fourth-order valence-corrected chi connectivity index (χ4v) is 1.46. The Morgan fingerprint density at radius 3 is 2.13 bits per heavy atom. The molecule has 1 aromatic rings. The van der Waals surface area contributed by atoms with Crippen LogP contribution in [0.25, 0.3) is 0 Å². The van der Waals surface area contributed by atoms with E-state index in [9.17, 15) is 4.79 Å². The molecule has 82 valence electrons. The Balaban J connectivity index is 2.91. The Hall–Kier alpha value is -1.35. The second-order valence-corrected chi connectivity index (χ2v) is 3.50. The van der Waals surface area contributed by atoms with Crippen molar-refractivity contribution in [2.24, 2.45) is 5.73 Å². The summed E-state index contributed by atoms with van der Waals surface area (Å²) in [6.07, 6.45) is 1.94. The number of nitrogens with two attached hydrogens (primary N) is 1. The molecule has 0 atom stereocenters. The molecule has 3 heteroatoms. The van der Waals surface area contributed by atoms with Gasteiger partial charge in [-0.05, 0) is 36.1 Å². The summed E-state index contributed by atoms with van der Waals surface area (Å²) >= 11 is 0. The van der Waals surface area contributed by atoms with E-state index in [0.717, 1.165) is 18.5 Å². The van der Waals surface area contributed by atoms with Crippen LogP contribution in [0, 0.1) is 0 Å². The number of benzene rings is 1. The van der Waals surface area contributed by atoms with Gasteiger partial charge in [-0.3, -0.25) is 4.79 Å². The monoisotopic (exact) mass is 206 g/mol. The zero-order chi connectivity index (χ0) is 11.3. The first-order chi connectivity index (χ1) is 7.19. The zero-order valence-electron chi connectivity index (χ0n) is 9.34. The first-order valence-electron chi connectivity index (χ1n) is 5.32. The van der Waals surface area contributed by atoms with E-state index in [1.165, 1.54) is 11.1 Å². The summed E-state index contributed by atoms with van der Waals surface area (Å²) in [7, 11) is 0. The molecular formula is C12H18N2O. The van der Waals surface area contributed by atoms with Crippen LogP contribution in [0.15, 0.2) is 18.2 Å². The van der Waals surface area contributed by atoms with E-state index in [1.54, 1.807) is 0 Å². The highest BCUT2D eigenvalue weighted by molar-refractivity contribution is 5.92. The van der Waals surface area contributed by atoms with Crippen molar-refractivity contribution in [2.45, 2.75) is 26.7 Å². The van der Waals surface area contributed by atoms with E-state index in [-0.39, 0.29) is 12.5 Å². The molecule has 1 rings (SSSR count). The molecule has 0 aliphatic rings. The fraction of sp³-hybridized carbons (Fsp3) is 0.417. The minimum atomic E-state index is -0.148. The first-order valence-corrected chi connectivity index (χ1v) is 5.32. The van der Waals surface area contributed by atoms with Crippen LogP contribution in [0.2, 0.25) is 0 Å². The number of amides is 1. The van der Waals surface area contributed by atoms with E-state index in [2.05, 4.69) is 25.2 Å². The lowest BCUT2D eigenvalue weighted by atomic mass is 10.1. The van der Waals surface area contributed by atoms with Crippen molar-refractivity contribution in [3.8, 4) is 0 Å². The number of nitrogens with one attached hydrogen (secondary N) is 1. The molecule has 0 aliphatic carbocycles. The van der Waals surface area contributed by atoms with Gasteiger partial charge in [-0.1, -0.05) is 19.9 Å². The standard InChI is InChI=1S/C12H18N2O/c1-3-9-5-10(4-2)7-11(6-9)14-12(15)8-13/h5-7H,3-4,8,13H2,1-2H3,(H,14,15). The van der Waals surface area contributed by atoms with Crippen molar-refractivity contribution in [1.29, 1.82) is 0 Å². The number of hydrogen-bond acceptors (Lipinski definition) is 2. The molecule has 0 heterocycles. The molecule has 0 bridgehead atoms. The molecule has 15 heavy (non-hydrogen) atoms. The van der Waals surface area contributed by atoms with Gasteiger partial charge >= 0.3 is 0 Å². The Bertz CT molecular complexity index is 325. The third-order valence-corrected chi connectivity index (χ3v) is 2.34. The van der Waals surface area contributed by atoms with Crippen molar-refractivity contribution in [1.82, 2.24) is 0 Å². The maximum atomic E-state index is 11.1. The highest BCUT2D eigenvalue weighted by Gasteiger charge is 2.02. The largest absolute Gasteiger partial charge is 0.325 e. The second-order valence-electron chi connectivity index (χ2n) is 3.50. The minimum absolute atomic E-state index is 0.0256. The Morgan fingerprint density at radius 1 is 1.20 bits per heavy atom. The molecule has 0 fully saturated rings. The molecule has 0 unspecified atom stereocenters. The number of hydrogen-bond donors (Lipinski definition) is 2. The van der Waals surface area contributed by atoms with Crippen molar-refractivity contribution in [3.63, 3.8) is 0 Å². The third kappa shape index (κ3) is 3.36. The number of aryl methyl sites for hydroxylation is 2. The number of rotatable bonds is 4. The van der Waals surface area contributed by atoms with Gasteiger partial charge in [-0.25, -0.2) is 0 Å². The predicted molar refractivity (Wildman–Crippen MR) is 62.9 cm³/mol.